The third kappa shape index (κ3) is 2.83. The van der Waals surface area contributed by atoms with Crippen LogP contribution in [0.25, 0.3) is 0 Å². The zero-order chi connectivity index (χ0) is 19.0. The van der Waals surface area contributed by atoms with Gasteiger partial charge in [-0.2, -0.15) is 0 Å². The van der Waals surface area contributed by atoms with Gasteiger partial charge >= 0.3 is 5.97 Å². The highest BCUT2D eigenvalue weighted by Gasteiger charge is 2.33. The van der Waals surface area contributed by atoms with Crippen molar-refractivity contribution in [2.75, 3.05) is 0 Å². The number of esters is 1. The van der Waals surface area contributed by atoms with Crippen LogP contribution in [0, 0.1) is 0 Å². The van der Waals surface area contributed by atoms with E-state index in [0.717, 1.165) is 0 Å². The van der Waals surface area contributed by atoms with Crippen LogP contribution in [0.3, 0.4) is 0 Å². The number of carbonyl (C=O) groups excluding carboxylic acids is 3. The second-order valence-corrected chi connectivity index (χ2v) is 5.95. The lowest BCUT2D eigenvalue weighted by Gasteiger charge is -2.19. The molecule has 0 saturated heterocycles. The summed E-state index contributed by atoms with van der Waals surface area (Å²) in [5.74, 6) is -0.796. The summed E-state index contributed by atoms with van der Waals surface area (Å²) < 4.78 is 10.5. The second kappa shape index (κ2) is 6.60. The van der Waals surface area contributed by atoms with Gasteiger partial charge in [0.2, 0.25) is 5.89 Å². The normalized spacial score (nSPS) is 12.5. The van der Waals surface area contributed by atoms with Gasteiger partial charge in [-0.05, 0) is 6.07 Å². The number of nitrogens with zero attached hydrogens (tertiary/aromatic N) is 2. The molecule has 0 radical (unpaired) electrons. The molecular weight excluding hydrogens is 348 g/mol. The summed E-state index contributed by atoms with van der Waals surface area (Å²) in [5, 5.41) is 7.58. The Labute approximate surface area is 154 Å². The van der Waals surface area contributed by atoms with Crippen LogP contribution in [0.2, 0.25) is 0 Å². The molecule has 0 amide bonds. The monoisotopic (exact) mass is 362 g/mol. The fourth-order valence-corrected chi connectivity index (χ4v) is 3.01. The summed E-state index contributed by atoms with van der Waals surface area (Å²) in [7, 11) is 0. The summed E-state index contributed by atoms with van der Waals surface area (Å²) in [6, 6.07) is 11.1. The van der Waals surface area contributed by atoms with Crippen molar-refractivity contribution in [1.29, 1.82) is 0 Å². The standard InChI is InChI=1S/C20H14N2O5/c1-2-15-21-22-16(27-15)10-26-20(25)14-9-5-8-13-17(14)19(24)12-7-4-3-6-11(12)18(13)23/h3-9H,2,10H2,1H3. The molecule has 0 spiro atoms. The van der Waals surface area contributed by atoms with Gasteiger partial charge in [0.05, 0.1) is 5.56 Å². The van der Waals surface area contributed by atoms with Crippen molar-refractivity contribution in [1.82, 2.24) is 10.2 Å². The van der Waals surface area contributed by atoms with Crippen LogP contribution < -0.4 is 0 Å². The molecule has 0 bridgehead atoms. The molecular formula is C20H14N2O5. The molecule has 134 valence electrons. The van der Waals surface area contributed by atoms with Crippen molar-refractivity contribution in [3.8, 4) is 0 Å². The minimum atomic E-state index is -0.733. The number of benzene rings is 2. The maximum atomic E-state index is 12.9. The van der Waals surface area contributed by atoms with E-state index >= 15 is 0 Å². The predicted octanol–water partition coefficient (Wildman–Crippen LogP) is 2.76. The lowest BCUT2D eigenvalue weighted by atomic mass is 9.82. The smallest absolute Gasteiger partial charge is 0.339 e. The summed E-state index contributed by atoms with van der Waals surface area (Å²) in [6.07, 6.45) is 0.573. The van der Waals surface area contributed by atoms with Crippen molar-refractivity contribution in [3.63, 3.8) is 0 Å². The molecule has 0 unspecified atom stereocenters. The Kier molecular flexibility index (Phi) is 4.12. The molecule has 0 fully saturated rings. The fourth-order valence-electron chi connectivity index (χ4n) is 3.01. The van der Waals surface area contributed by atoms with E-state index in [2.05, 4.69) is 10.2 Å². The van der Waals surface area contributed by atoms with Crippen LogP contribution in [0.4, 0.5) is 0 Å². The van der Waals surface area contributed by atoms with E-state index in [0.29, 0.717) is 17.9 Å². The molecule has 2 aromatic carbocycles. The van der Waals surface area contributed by atoms with E-state index in [1.165, 1.54) is 12.1 Å². The van der Waals surface area contributed by atoms with Gasteiger partial charge in [-0.3, -0.25) is 9.59 Å². The predicted molar refractivity (Wildman–Crippen MR) is 92.5 cm³/mol. The maximum Gasteiger partial charge on any atom is 0.339 e. The van der Waals surface area contributed by atoms with Crippen LogP contribution in [0.15, 0.2) is 46.9 Å². The number of rotatable bonds is 4. The van der Waals surface area contributed by atoms with Crippen molar-refractivity contribution >= 4 is 17.5 Å². The first-order valence-corrected chi connectivity index (χ1v) is 8.40. The van der Waals surface area contributed by atoms with Gasteiger partial charge in [-0.15, -0.1) is 10.2 Å². The van der Waals surface area contributed by atoms with Gasteiger partial charge in [0.1, 0.15) is 0 Å². The highest BCUT2D eigenvalue weighted by molar-refractivity contribution is 6.30. The van der Waals surface area contributed by atoms with E-state index in [9.17, 15) is 14.4 Å². The van der Waals surface area contributed by atoms with Gasteiger partial charge < -0.3 is 9.15 Å². The highest BCUT2D eigenvalue weighted by Crippen LogP contribution is 2.29. The molecule has 1 heterocycles. The summed E-state index contributed by atoms with van der Waals surface area (Å²) in [6.45, 7) is 1.65. The molecule has 0 aliphatic heterocycles. The Bertz CT molecular complexity index is 1080. The van der Waals surface area contributed by atoms with Gasteiger partial charge in [0, 0.05) is 28.7 Å². The first-order valence-electron chi connectivity index (χ1n) is 8.40. The number of hydrogen-bond donors (Lipinski definition) is 0. The fraction of sp³-hybridized carbons (Fsp3) is 0.150. The number of hydrogen-bond acceptors (Lipinski definition) is 7. The quantitative estimate of drug-likeness (QED) is 0.515. The van der Waals surface area contributed by atoms with Gasteiger partial charge in [-0.25, -0.2) is 4.79 Å². The third-order valence-corrected chi connectivity index (χ3v) is 4.31. The van der Waals surface area contributed by atoms with Crippen molar-refractivity contribution < 1.29 is 23.5 Å². The minimum absolute atomic E-state index is 0.0376. The Morgan fingerprint density at radius 3 is 2.30 bits per heavy atom. The van der Waals surface area contributed by atoms with Crippen molar-refractivity contribution in [2.45, 2.75) is 20.0 Å². The van der Waals surface area contributed by atoms with Gasteiger partial charge in [0.25, 0.3) is 5.89 Å². The van der Waals surface area contributed by atoms with Gasteiger partial charge in [0.15, 0.2) is 18.2 Å². The SMILES string of the molecule is CCc1nnc(COC(=O)c2cccc3c2C(=O)c2ccccc2C3=O)o1. The van der Waals surface area contributed by atoms with Crippen LogP contribution in [0.1, 0.15) is 60.9 Å². The van der Waals surface area contributed by atoms with E-state index in [1.54, 1.807) is 30.3 Å². The molecule has 7 nitrogen and oxygen atoms in total. The van der Waals surface area contributed by atoms with E-state index in [-0.39, 0.29) is 46.3 Å². The molecule has 7 heteroatoms. The summed E-state index contributed by atoms with van der Waals surface area (Å²) >= 11 is 0. The van der Waals surface area contributed by atoms with Crippen molar-refractivity contribution in [3.05, 3.63) is 82.1 Å². The Balaban J connectivity index is 1.66. The average Bonchev–Trinajstić information content (AvgIpc) is 3.18. The third-order valence-electron chi connectivity index (χ3n) is 4.31. The second-order valence-electron chi connectivity index (χ2n) is 5.95. The first-order chi connectivity index (χ1) is 13.1. The van der Waals surface area contributed by atoms with Crippen LogP contribution in [-0.4, -0.2) is 27.7 Å². The summed E-state index contributed by atoms with van der Waals surface area (Å²) in [4.78, 5) is 38.2. The number of ether oxygens (including phenoxy) is 1. The number of fused-ring (bicyclic) bond motifs is 2. The van der Waals surface area contributed by atoms with E-state index in [1.807, 2.05) is 6.92 Å². The van der Waals surface area contributed by atoms with Crippen LogP contribution >= 0.6 is 0 Å². The largest absolute Gasteiger partial charge is 0.452 e. The lowest BCUT2D eigenvalue weighted by molar-refractivity contribution is 0.0434. The zero-order valence-corrected chi connectivity index (χ0v) is 14.4. The number of aromatic nitrogens is 2. The highest BCUT2D eigenvalue weighted by atomic mass is 16.5. The average molecular weight is 362 g/mol. The molecule has 27 heavy (non-hydrogen) atoms. The first kappa shape index (κ1) is 16.8. The Morgan fingerprint density at radius 1 is 0.926 bits per heavy atom. The van der Waals surface area contributed by atoms with Crippen LogP contribution in [-0.2, 0) is 17.8 Å². The minimum Gasteiger partial charge on any atom is -0.452 e. The van der Waals surface area contributed by atoms with Gasteiger partial charge in [-0.1, -0.05) is 43.3 Å². The molecule has 1 aliphatic carbocycles. The number of carbonyl (C=O) groups is 3. The van der Waals surface area contributed by atoms with E-state index in [4.69, 9.17) is 9.15 Å². The van der Waals surface area contributed by atoms with Crippen LogP contribution in [0.5, 0.6) is 0 Å². The number of ketones is 2. The number of aryl methyl sites for hydroxylation is 1. The molecule has 1 aliphatic rings. The molecule has 1 aromatic heterocycles. The molecule has 0 N–H and O–H groups in total. The summed E-state index contributed by atoms with van der Waals surface area (Å²) in [5.41, 5.74) is 0.902. The Morgan fingerprint density at radius 2 is 1.59 bits per heavy atom. The Hall–Kier alpha value is -3.61. The maximum absolute atomic E-state index is 12.9. The zero-order valence-electron chi connectivity index (χ0n) is 14.4. The molecule has 0 atom stereocenters. The lowest BCUT2D eigenvalue weighted by Crippen LogP contribution is -2.24. The topological polar surface area (TPSA) is 99.4 Å². The molecule has 0 saturated carbocycles. The van der Waals surface area contributed by atoms with E-state index < -0.39 is 5.97 Å². The molecule has 4 rings (SSSR count). The van der Waals surface area contributed by atoms with Crippen molar-refractivity contribution in [2.24, 2.45) is 0 Å². The molecule has 3 aromatic rings.